The van der Waals surface area contributed by atoms with E-state index in [-0.39, 0.29) is 10.8 Å². The van der Waals surface area contributed by atoms with E-state index in [0.717, 1.165) is 29.5 Å². The summed E-state index contributed by atoms with van der Waals surface area (Å²) in [7, 11) is 0. The van der Waals surface area contributed by atoms with Crippen LogP contribution in [0, 0.1) is 22.7 Å². The summed E-state index contributed by atoms with van der Waals surface area (Å²) in [5.74, 6) is 1.22. The second kappa shape index (κ2) is 8.38. The van der Waals surface area contributed by atoms with Crippen LogP contribution >= 0.6 is 0 Å². The Hall–Kier alpha value is -2.80. The zero-order valence-corrected chi connectivity index (χ0v) is 19.2. The van der Waals surface area contributed by atoms with Gasteiger partial charge in [0, 0.05) is 5.56 Å². The Morgan fingerprint density at radius 2 is 1.32 bits per heavy atom. The maximum Gasteiger partial charge on any atom is 0.126 e. The van der Waals surface area contributed by atoms with Crippen LogP contribution in [0.1, 0.15) is 38.8 Å². The molecule has 0 radical (unpaired) electrons. The largest absolute Gasteiger partial charge is 0.507 e. The summed E-state index contributed by atoms with van der Waals surface area (Å²) in [4.78, 5) is 0. The molecule has 1 N–H and O–H groups in total. The molecule has 0 aliphatic heterocycles. The van der Waals surface area contributed by atoms with Crippen LogP contribution in [-0.4, -0.2) is 5.11 Å². The molecule has 0 saturated carbocycles. The second-order valence-corrected chi connectivity index (χ2v) is 10.3. The molecule has 160 valence electrons. The molecule has 0 fully saturated rings. The van der Waals surface area contributed by atoms with Gasteiger partial charge in [0.1, 0.15) is 5.75 Å². The zero-order valence-electron chi connectivity index (χ0n) is 19.2. The minimum atomic E-state index is 0.0724. The first-order valence-corrected chi connectivity index (χ1v) is 11.4. The molecule has 2 atom stereocenters. The van der Waals surface area contributed by atoms with Crippen LogP contribution in [0.5, 0.6) is 5.75 Å². The molecule has 2 aromatic rings. The highest BCUT2D eigenvalue weighted by Crippen LogP contribution is 2.41. The fraction of sp³-hybridized carbons (Fsp3) is 0.333. The molecule has 0 bridgehead atoms. The van der Waals surface area contributed by atoms with Crippen LogP contribution in [0.15, 0.2) is 91.1 Å². The van der Waals surface area contributed by atoms with Gasteiger partial charge in [-0.2, -0.15) is 0 Å². The van der Waals surface area contributed by atoms with Crippen LogP contribution in [0.2, 0.25) is 0 Å². The molecular formula is C30H34O. The summed E-state index contributed by atoms with van der Waals surface area (Å²) < 4.78 is 0. The monoisotopic (exact) mass is 410 g/mol. The molecule has 2 aliphatic carbocycles. The Bertz CT molecular complexity index is 1050. The van der Waals surface area contributed by atoms with Crippen molar-refractivity contribution in [3.8, 4) is 16.9 Å². The third kappa shape index (κ3) is 4.61. The van der Waals surface area contributed by atoms with Gasteiger partial charge in [0.15, 0.2) is 0 Å². The average molecular weight is 411 g/mol. The first-order chi connectivity index (χ1) is 14.8. The van der Waals surface area contributed by atoms with Crippen molar-refractivity contribution in [3.63, 3.8) is 0 Å². The number of benzene rings is 2. The van der Waals surface area contributed by atoms with Crippen LogP contribution in [0.3, 0.4) is 0 Å². The Balaban J connectivity index is 1.74. The lowest BCUT2D eigenvalue weighted by Crippen LogP contribution is -2.24. The molecular weight excluding hydrogens is 376 g/mol. The molecule has 0 amide bonds. The van der Waals surface area contributed by atoms with E-state index in [1.807, 2.05) is 18.2 Å². The van der Waals surface area contributed by atoms with Gasteiger partial charge in [-0.3, -0.25) is 0 Å². The van der Waals surface area contributed by atoms with Gasteiger partial charge < -0.3 is 5.11 Å². The number of hydrogen-bond donors (Lipinski definition) is 1. The maximum absolute atomic E-state index is 11.3. The Labute approximate surface area is 187 Å². The van der Waals surface area contributed by atoms with E-state index in [9.17, 15) is 5.11 Å². The smallest absolute Gasteiger partial charge is 0.126 e. The molecule has 2 aliphatic rings. The van der Waals surface area contributed by atoms with Gasteiger partial charge in [-0.1, -0.05) is 113 Å². The Kier molecular flexibility index (Phi) is 5.79. The minimum Gasteiger partial charge on any atom is -0.507 e. The molecule has 0 saturated heterocycles. The Morgan fingerprint density at radius 3 is 1.90 bits per heavy atom. The standard InChI is InChI=1S/C30H34O/c1-29(2)16-10-8-14-25(29)19-22-18-24(21-26-15-9-11-17-30(26,3)4)28(31)27(20-22)23-12-6-5-7-13-23/h5-18,20,25-26,31H,19,21H2,1-4H3. The summed E-state index contributed by atoms with van der Waals surface area (Å²) in [5, 5.41) is 11.3. The van der Waals surface area contributed by atoms with Gasteiger partial charge in [-0.15, -0.1) is 0 Å². The van der Waals surface area contributed by atoms with Gasteiger partial charge in [0.05, 0.1) is 0 Å². The minimum absolute atomic E-state index is 0.0724. The normalized spacial score (nSPS) is 23.2. The topological polar surface area (TPSA) is 20.2 Å². The number of phenolic OH excluding ortho intramolecular Hbond substituents is 1. The lowest BCUT2D eigenvalue weighted by atomic mass is 9.71. The summed E-state index contributed by atoms with van der Waals surface area (Å²) in [6, 6.07) is 14.7. The lowest BCUT2D eigenvalue weighted by molar-refractivity contribution is 0.331. The van der Waals surface area contributed by atoms with E-state index in [4.69, 9.17) is 0 Å². The maximum atomic E-state index is 11.3. The van der Waals surface area contributed by atoms with E-state index in [1.54, 1.807) is 0 Å². The highest BCUT2D eigenvalue weighted by molar-refractivity contribution is 5.72. The molecule has 0 heterocycles. The SMILES string of the molecule is CC1(C)C=CC=CC1Cc1cc(CC2C=CC=CC2(C)C)c(O)c(-c2ccccc2)c1. The van der Waals surface area contributed by atoms with Crippen molar-refractivity contribution >= 4 is 0 Å². The fourth-order valence-corrected chi connectivity index (χ4v) is 4.77. The predicted octanol–water partition coefficient (Wildman–Crippen LogP) is 7.68. The quantitative estimate of drug-likeness (QED) is 0.536. The number of phenols is 1. The number of rotatable bonds is 5. The molecule has 0 aromatic heterocycles. The predicted molar refractivity (Wildman–Crippen MR) is 132 cm³/mol. The van der Waals surface area contributed by atoms with Gasteiger partial charge in [-0.05, 0) is 58.3 Å². The first-order valence-electron chi connectivity index (χ1n) is 11.4. The number of allylic oxidation sites excluding steroid dienone is 8. The highest BCUT2D eigenvalue weighted by Gasteiger charge is 2.29. The molecule has 0 spiro atoms. The molecule has 2 aromatic carbocycles. The van der Waals surface area contributed by atoms with Crippen LogP contribution in [-0.2, 0) is 12.8 Å². The van der Waals surface area contributed by atoms with Crippen LogP contribution in [0.4, 0.5) is 0 Å². The third-order valence-electron chi connectivity index (χ3n) is 7.10. The number of hydrogen-bond acceptors (Lipinski definition) is 1. The van der Waals surface area contributed by atoms with E-state index in [0.29, 0.717) is 17.6 Å². The van der Waals surface area contributed by atoms with Crippen molar-refractivity contribution in [2.45, 2.75) is 40.5 Å². The van der Waals surface area contributed by atoms with Crippen molar-refractivity contribution < 1.29 is 5.11 Å². The summed E-state index contributed by atoms with van der Waals surface area (Å²) in [5.41, 5.74) is 4.54. The third-order valence-corrected chi connectivity index (χ3v) is 7.10. The molecule has 31 heavy (non-hydrogen) atoms. The van der Waals surface area contributed by atoms with Gasteiger partial charge in [-0.25, -0.2) is 0 Å². The van der Waals surface area contributed by atoms with Gasteiger partial charge in [0.2, 0.25) is 0 Å². The number of aromatic hydroxyl groups is 1. The van der Waals surface area contributed by atoms with E-state index in [1.165, 1.54) is 5.56 Å². The van der Waals surface area contributed by atoms with Gasteiger partial charge >= 0.3 is 0 Å². The first kappa shape index (κ1) is 21.4. The van der Waals surface area contributed by atoms with Crippen LogP contribution in [0.25, 0.3) is 11.1 Å². The fourth-order valence-electron chi connectivity index (χ4n) is 4.77. The van der Waals surface area contributed by atoms with Crippen molar-refractivity contribution in [2.75, 3.05) is 0 Å². The zero-order chi connectivity index (χ0) is 22.1. The second-order valence-electron chi connectivity index (χ2n) is 10.3. The molecule has 1 heteroatoms. The molecule has 1 nitrogen and oxygen atoms in total. The average Bonchev–Trinajstić information content (AvgIpc) is 2.73. The van der Waals surface area contributed by atoms with Crippen LogP contribution < -0.4 is 0 Å². The van der Waals surface area contributed by atoms with Crippen molar-refractivity contribution in [2.24, 2.45) is 22.7 Å². The van der Waals surface area contributed by atoms with Crippen molar-refractivity contribution in [3.05, 3.63) is 102 Å². The van der Waals surface area contributed by atoms with Gasteiger partial charge in [0.25, 0.3) is 0 Å². The van der Waals surface area contributed by atoms with Crippen molar-refractivity contribution in [1.29, 1.82) is 0 Å². The Morgan fingerprint density at radius 1 is 0.742 bits per heavy atom. The lowest BCUT2D eigenvalue weighted by Gasteiger charge is -2.33. The summed E-state index contributed by atoms with van der Waals surface area (Å²) in [6.45, 7) is 9.16. The van der Waals surface area contributed by atoms with E-state index in [2.05, 4.69) is 101 Å². The van der Waals surface area contributed by atoms with E-state index < -0.39 is 0 Å². The molecule has 2 unspecified atom stereocenters. The van der Waals surface area contributed by atoms with Crippen molar-refractivity contribution in [1.82, 2.24) is 0 Å². The highest BCUT2D eigenvalue weighted by atomic mass is 16.3. The summed E-state index contributed by atoms with van der Waals surface area (Å²) >= 11 is 0. The molecule has 4 rings (SSSR count). The summed E-state index contributed by atoms with van der Waals surface area (Å²) in [6.07, 6.45) is 19.6. The van der Waals surface area contributed by atoms with E-state index >= 15 is 0 Å².